The normalized spacial score (nSPS) is 11.6. The first-order valence-electron chi connectivity index (χ1n) is 8.22. The van der Waals surface area contributed by atoms with E-state index >= 15 is 0 Å². The Morgan fingerprint density at radius 2 is 1.79 bits per heavy atom. The molecule has 6 nitrogen and oxygen atoms in total. The van der Waals surface area contributed by atoms with Gasteiger partial charge < -0.3 is 5.11 Å². The summed E-state index contributed by atoms with van der Waals surface area (Å²) in [4.78, 5) is 14.5. The Morgan fingerprint density at radius 1 is 1.03 bits per heavy atom. The number of carboxylic acid groups (broad SMARTS) is 1. The molecule has 0 aliphatic rings. The van der Waals surface area contributed by atoms with E-state index in [1.807, 2.05) is 30.3 Å². The van der Waals surface area contributed by atoms with Crippen LogP contribution >= 0.6 is 11.3 Å². The first-order chi connectivity index (χ1) is 13.8. The van der Waals surface area contributed by atoms with Crippen molar-refractivity contribution in [1.29, 1.82) is 0 Å². The summed E-state index contributed by atoms with van der Waals surface area (Å²) in [6.07, 6.45) is -2.61. The lowest BCUT2D eigenvalue weighted by Crippen LogP contribution is -2.08. The molecule has 4 aromatic rings. The largest absolute Gasteiger partial charge is 0.476 e. The fourth-order valence-corrected chi connectivity index (χ4v) is 3.63. The fourth-order valence-electron chi connectivity index (χ4n) is 2.81. The van der Waals surface area contributed by atoms with E-state index in [1.165, 1.54) is 0 Å². The number of carbonyl (C=O) groups is 1. The van der Waals surface area contributed by atoms with E-state index in [-0.39, 0.29) is 10.7 Å². The number of hydrogen-bond acceptors (Lipinski definition) is 5. The molecule has 2 heterocycles. The van der Waals surface area contributed by atoms with Crippen LogP contribution < -0.4 is 0 Å². The first kappa shape index (κ1) is 18.8. The molecule has 0 amide bonds. The van der Waals surface area contributed by atoms with Gasteiger partial charge in [0.05, 0.1) is 18.1 Å². The molecule has 0 aliphatic heterocycles. The van der Waals surface area contributed by atoms with Gasteiger partial charge in [-0.1, -0.05) is 41.6 Å². The van der Waals surface area contributed by atoms with Crippen LogP contribution in [-0.4, -0.2) is 31.1 Å². The van der Waals surface area contributed by atoms with Gasteiger partial charge in [-0.25, -0.2) is 14.5 Å². The molecule has 4 rings (SSSR count). The number of carboxylic acids is 1. The second-order valence-corrected chi connectivity index (χ2v) is 6.99. The maximum Gasteiger partial charge on any atom is 0.427 e. The Labute approximate surface area is 165 Å². The van der Waals surface area contributed by atoms with Gasteiger partial charge in [0.15, 0.2) is 5.69 Å². The van der Waals surface area contributed by atoms with E-state index in [2.05, 4.69) is 15.3 Å². The van der Waals surface area contributed by atoms with Crippen LogP contribution in [0.3, 0.4) is 0 Å². The molecular formula is C19H11F3N4O2S. The van der Waals surface area contributed by atoms with Crippen molar-refractivity contribution >= 4 is 17.3 Å². The van der Waals surface area contributed by atoms with Crippen LogP contribution in [0.25, 0.3) is 27.4 Å². The van der Waals surface area contributed by atoms with Crippen molar-refractivity contribution in [2.75, 3.05) is 0 Å². The molecule has 10 heteroatoms. The maximum atomic E-state index is 13.1. The smallest absolute Gasteiger partial charge is 0.427 e. The lowest BCUT2D eigenvalue weighted by molar-refractivity contribution is -0.134. The van der Waals surface area contributed by atoms with Crippen LogP contribution in [0, 0.1) is 0 Å². The standard InChI is InChI=1S/C19H11F3N4O2S/c20-19(21,22)16-10-23-17(29-16)14-8-12(26-15(18(27)28)9-24-25-26)6-7-13(14)11-4-2-1-3-5-11/h1-10H,(H,27,28). The van der Waals surface area contributed by atoms with E-state index in [1.54, 1.807) is 18.2 Å². The Morgan fingerprint density at radius 3 is 2.45 bits per heavy atom. The number of hydrogen-bond donors (Lipinski definition) is 1. The Kier molecular flexibility index (Phi) is 4.63. The highest BCUT2D eigenvalue weighted by Gasteiger charge is 2.33. The van der Waals surface area contributed by atoms with Gasteiger partial charge in [0.2, 0.25) is 0 Å². The molecule has 0 atom stereocenters. The number of nitrogens with zero attached hydrogens (tertiary/aromatic N) is 4. The average Bonchev–Trinajstić information content (AvgIpc) is 3.38. The van der Waals surface area contributed by atoms with E-state index in [4.69, 9.17) is 0 Å². The fraction of sp³-hybridized carbons (Fsp3) is 0.0526. The Balaban J connectivity index is 1.91. The summed E-state index contributed by atoms with van der Waals surface area (Å²) in [6, 6.07) is 14.0. The number of halogens is 3. The third-order valence-corrected chi connectivity index (χ3v) is 5.19. The number of alkyl halides is 3. The van der Waals surface area contributed by atoms with Gasteiger partial charge in [-0.05, 0) is 23.3 Å². The summed E-state index contributed by atoms with van der Waals surface area (Å²) in [7, 11) is 0. The van der Waals surface area contributed by atoms with Crippen molar-refractivity contribution in [1.82, 2.24) is 20.0 Å². The van der Waals surface area contributed by atoms with Crippen LogP contribution in [0.4, 0.5) is 13.2 Å². The van der Waals surface area contributed by atoms with Crippen LogP contribution in [-0.2, 0) is 6.18 Å². The predicted octanol–water partition coefficient (Wildman–Crippen LogP) is 4.77. The molecule has 1 N–H and O–H groups in total. The molecule has 0 bridgehead atoms. The minimum absolute atomic E-state index is 0.162. The highest BCUT2D eigenvalue weighted by atomic mass is 32.1. The molecule has 0 unspecified atom stereocenters. The monoisotopic (exact) mass is 416 g/mol. The summed E-state index contributed by atoms with van der Waals surface area (Å²) in [6.45, 7) is 0. The van der Waals surface area contributed by atoms with Crippen LogP contribution in [0.2, 0.25) is 0 Å². The second-order valence-electron chi connectivity index (χ2n) is 5.96. The zero-order valence-corrected chi connectivity index (χ0v) is 15.3. The zero-order chi connectivity index (χ0) is 20.6. The topological polar surface area (TPSA) is 80.9 Å². The predicted molar refractivity (Wildman–Crippen MR) is 99.9 cm³/mol. The molecule has 29 heavy (non-hydrogen) atoms. The van der Waals surface area contributed by atoms with Gasteiger partial charge in [-0.15, -0.1) is 16.4 Å². The molecule has 0 saturated carbocycles. The molecule has 146 valence electrons. The highest BCUT2D eigenvalue weighted by Crippen LogP contribution is 2.40. The van der Waals surface area contributed by atoms with E-state index in [0.717, 1.165) is 22.6 Å². The van der Waals surface area contributed by atoms with Crippen LogP contribution in [0.15, 0.2) is 60.9 Å². The lowest BCUT2D eigenvalue weighted by atomic mass is 9.99. The summed E-state index contributed by atoms with van der Waals surface area (Å²) in [5.74, 6) is -1.22. The molecule has 0 aliphatic carbocycles. The van der Waals surface area contributed by atoms with Gasteiger partial charge in [0.1, 0.15) is 9.88 Å². The molecule has 0 fully saturated rings. The lowest BCUT2D eigenvalue weighted by Gasteiger charge is -2.11. The number of benzene rings is 2. The highest BCUT2D eigenvalue weighted by molar-refractivity contribution is 7.15. The molecular weight excluding hydrogens is 405 g/mol. The molecule has 2 aromatic carbocycles. The third kappa shape index (κ3) is 3.61. The molecule has 0 spiro atoms. The summed E-state index contributed by atoms with van der Waals surface area (Å²) >= 11 is 0.520. The van der Waals surface area contributed by atoms with Gasteiger partial charge in [0.25, 0.3) is 0 Å². The summed E-state index contributed by atoms with van der Waals surface area (Å²) in [5, 5.41) is 16.8. The second kappa shape index (κ2) is 7.13. The molecule has 2 aromatic heterocycles. The Bertz CT molecular complexity index is 1190. The average molecular weight is 416 g/mol. The minimum atomic E-state index is -4.50. The number of thiazole rings is 1. The van der Waals surface area contributed by atoms with Crippen LogP contribution in [0.5, 0.6) is 0 Å². The maximum absolute atomic E-state index is 13.1. The van der Waals surface area contributed by atoms with Crippen molar-refractivity contribution in [3.63, 3.8) is 0 Å². The van der Waals surface area contributed by atoms with Crippen molar-refractivity contribution in [2.45, 2.75) is 6.18 Å². The third-order valence-electron chi connectivity index (χ3n) is 4.12. The molecule has 0 saturated heterocycles. The van der Waals surface area contributed by atoms with E-state index in [9.17, 15) is 23.1 Å². The van der Waals surface area contributed by atoms with Gasteiger partial charge in [0, 0.05) is 5.56 Å². The van der Waals surface area contributed by atoms with Crippen molar-refractivity contribution in [2.24, 2.45) is 0 Å². The summed E-state index contributed by atoms with van der Waals surface area (Å²) in [5.41, 5.74) is 2.06. The van der Waals surface area contributed by atoms with Crippen molar-refractivity contribution in [3.05, 3.63) is 71.5 Å². The van der Waals surface area contributed by atoms with Gasteiger partial charge in [-0.3, -0.25) is 0 Å². The SMILES string of the molecule is O=C(O)c1cnnn1-c1ccc(-c2ccccc2)c(-c2ncc(C(F)(F)F)s2)c1. The number of rotatable bonds is 4. The molecule has 0 radical (unpaired) electrons. The first-order valence-corrected chi connectivity index (χ1v) is 9.03. The van der Waals surface area contributed by atoms with Gasteiger partial charge in [-0.2, -0.15) is 13.2 Å². The number of aromatic nitrogens is 4. The van der Waals surface area contributed by atoms with Crippen molar-refractivity contribution < 1.29 is 23.1 Å². The minimum Gasteiger partial charge on any atom is -0.476 e. The zero-order valence-electron chi connectivity index (χ0n) is 14.5. The summed E-state index contributed by atoms with van der Waals surface area (Å²) < 4.78 is 40.3. The van der Waals surface area contributed by atoms with E-state index < -0.39 is 17.0 Å². The van der Waals surface area contributed by atoms with E-state index in [0.29, 0.717) is 28.2 Å². The van der Waals surface area contributed by atoms with Crippen LogP contribution in [0.1, 0.15) is 15.4 Å². The quantitative estimate of drug-likeness (QED) is 0.518. The number of aromatic carboxylic acids is 1. The van der Waals surface area contributed by atoms with Gasteiger partial charge >= 0.3 is 12.1 Å². The van der Waals surface area contributed by atoms with Crippen molar-refractivity contribution in [3.8, 4) is 27.4 Å². The Hall–Kier alpha value is -3.53.